The topological polar surface area (TPSA) is 35.5 Å². The molecule has 1 aliphatic heterocycles. The minimum Gasteiger partial charge on any atom is -0.347 e. The van der Waals surface area contributed by atoms with E-state index in [2.05, 4.69) is 0 Å². The van der Waals surface area contributed by atoms with E-state index in [1.165, 1.54) is 25.3 Å². The van der Waals surface area contributed by atoms with Crippen LogP contribution in [-0.2, 0) is 14.3 Å². The van der Waals surface area contributed by atoms with Gasteiger partial charge in [-0.25, -0.2) is 0 Å². The lowest BCUT2D eigenvalue weighted by molar-refractivity contribution is -0.182. The molecule has 0 radical (unpaired) electrons. The van der Waals surface area contributed by atoms with Crippen LogP contribution in [0.15, 0.2) is 12.2 Å². The van der Waals surface area contributed by atoms with Crippen molar-refractivity contribution in [2.24, 2.45) is 0 Å². The molecule has 0 N–H and O–H groups in total. The fourth-order valence-electron chi connectivity index (χ4n) is 2.19. The molecule has 2 aliphatic rings. The molecule has 0 amide bonds. The molecule has 0 aromatic carbocycles. The summed E-state index contributed by atoms with van der Waals surface area (Å²) in [5.41, 5.74) is 0. The number of aldehydes is 1. The Kier molecular flexibility index (Phi) is 2.99. The van der Waals surface area contributed by atoms with E-state index in [9.17, 15) is 4.79 Å². The average molecular weight is 196 g/mol. The van der Waals surface area contributed by atoms with E-state index in [0.717, 1.165) is 19.1 Å². The molecule has 0 unspecified atom stereocenters. The molecule has 3 heteroatoms. The minimum atomic E-state index is -0.323. The minimum absolute atomic E-state index is 0.0294. The predicted molar refractivity (Wildman–Crippen MR) is 51.8 cm³/mol. The summed E-state index contributed by atoms with van der Waals surface area (Å²) in [7, 11) is 0. The van der Waals surface area contributed by atoms with Gasteiger partial charge in [0.15, 0.2) is 5.79 Å². The van der Waals surface area contributed by atoms with Gasteiger partial charge in [-0.15, -0.1) is 0 Å². The summed E-state index contributed by atoms with van der Waals surface area (Å²) in [6.45, 7) is 0.588. The third-order valence-electron chi connectivity index (χ3n) is 2.90. The monoisotopic (exact) mass is 196 g/mol. The van der Waals surface area contributed by atoms with Crippen LogP contribution in [0.25, 0.3) is 0 Å². The van der Waals surface area contributed by atoms with Crippen LogP contribution < -0.4 is 0 Å². The fraction of sp³-hybridized carbons (Fsp3) is 0.727. The standard InChI is InChI=1S/C11H16O3/c12-8-4-5-10-9-13-11(14-10)6-2-1-3-7-11/h4-5,8,10H,1-3,6-7,9H2/b5-4+/t10-/m0/s1. The zero-order chi connectivity index (χ0) is 9.86. The van der Waals surface area contributed by atoms with Gasteiger partial charge in [0.1, 0.15) is 12.4 Å². The van der Waals surface area contributed by atoms with Crippen LogP contribution in [0.2, 0.25) is 0 Å². The first-order valence-electron chi connectivity index (χ1n) is 5.28. The molecule has 1 aliphatic carbocycles. The molecule has 14 heavy (non-hydrogen) atoms. The first-order valence-corrected chi connectivity index (χ1v) is 5.28. The summed E-state index contributed by atoms with van der Waals surface area (Å²) in [5.74, 6) is -0.323. The van der Waals surface area contributed by atoms with Crippen LogP contribution in [-0.4, -0.2) is 24.8 Å². The summed E-state index contributed by atoms with van der Waals surface area (Å²) in [6.07, 6.45) is 9.65. The van der Waals surface area contributed by atoms with Crippen LogP contribution in [0, 0.1) is 0 Å². The maximum atomic E-state index is 10.1. The summed E-state index contributed by atoms with van der Waals surface area (Å²) < 4.78 is 11.5. The van der Waals surface area contributed by atoms with Crippen molar-refractivity contribution in [2.75, 3.05) is 6.61 Å². The van der Waals surface area contributed by atoms with E-state index in [1.54, 1.807) is 6.08 Å². The largest absolute Gasteiger partial charge is 0.347 e. The number of allylic oxidation sites excluding steroid dienone is 1. The van der Waals surface area contributed by atoms with E-state index in [4.69, 9.17) is 9.47 Å². The number of ether oxygens (including phenoxy) is 2. The highest BCUT2D eigenvalue weighted by Crippen LogP contribution is 2.37. The molecule has 3 nitrogen and oxygen atoms in total. The van der Waals surface area contributed by atoms with Gasteiger partial charge in [-0.05, 0) is 18.9 Å². The zero-order valence-corrected chi connectivity index (χ0v) is 8.28. The fourth-order valence-corrected chi connectivity index (χ4v) is 2.19. The van der Waals surface area contributed by atoms with Crippen molar-refractivity contribution in [1.29, 1.82) is 0 Å². The summed E-state index contributed by atoms with van der Waals surface area (Å²) in [5, 5.41) is 0. The van der Waals surface area contributed by atoms with E-state index in [0.29, 0.717) is 6.61 Å². The zero-order valence-electron chi connectivity index (χ0n) is 8.28. The van der Waals surface area contributed by atoms with Gasteiger partial charge in [-0.2, -0.15) is 0 Å². The van der Waals surface area contributed by atoms with Gasteiger partial charge in [-0.1, -0.05) is 12.5 Å². The van der Waals surface area contributed by atoms with Crippen LogP contribution >= 0.6 is 0 Å². The summed E-state index contributed by atoms with van der Waals surface area (Å²) in [4.78, 5) is 10.1. The van der Waals surface area contributed by atoms with Crippen LogP contribution in [0.5, 0.6) is 0 Å². The molecule has 0 bridgehead atoms. The van der Waals surface area contributed by atoms with Gasteiger partial charge in [0.2, 0.25) is 0 Å². The lowest BCUT2D eigenvalue weighted by Crippen LogP contribution is -2.33. The van der Waals surface area contributed by atoms with Crippen molar-refractivity contribution in [2.45, 2.75) is 44.0 Å². The number of carbonyl (C=O) groups is 1. The van der Waals surface area contributed by atoms with Gasteiger partial charge in [0.25, 0.3) is 0 Å². The molecule has 0 aromatic heterocycles. The lowest BCUT2D eigenvalue weighted by Gasteiger charge is -2.31. The third kappa shape index (κ3) is 2.04. The molecule has 1 saturated carbocycles. The van der Waals surface area contributed by atoms with Crippen molar-refractivity contribution in [3.05, 3.63) is 12.2 Å². The number of hydrogen-bond donors (Lipinski definition) is 0. The summed E-state index contributed by atoms with van der Waals surface area (Å²) in [6, 6.07) is 0. The third-order valence-corrected chi connectivity index (χ3v) is 2.90. The van der Waals surface area contributed by atoms with Crippen molar-refractivity contribution < 1.29 is 14.3 Å². The van der Waals surface area contributed by atoms with E-state index in [-0.39, 0.29) is 11.9 Å². The molecule has 2 fully saturated rings. The maximum Gasteiger partial charge on any atom is 0.169 e. The second-order valence-electron chi connectivity index (χ2n) is 3.96. The second kappa shape index (κ2) is 4.24. The molecular weight excluding hydrogens is 180 g/mol. The Labute approximate surface area is 84.1 Å². The smallest absolute Gasteiger partial charge is 0.169 e. The number of rotatable bonds is 2. The van der Waals surface area contributed by atoms with Gasteiger partial charge in [-0.3, -0.25) is 4.79 Å². The van der Waals surface area contributed by atoms with E-state index in [1.807, 2.05) is 0 Å². The molecule has 2 rings (SSSR count). The Morgan fingerprint density at radius 2 is 2.00 bits per heavy atom. The number of hydrogen-bond acceptors (Lipinski definition) is 3. The molecule has 0 aromatic rings. The van der Waals surface area contributed by atoms with Gasteiger partial charge >= 0.3 is 0 Å². The first-order chi connectivity index (χ1) is 6.85. The van der Waals surface area contributed by atoms with Crippen molar-refractivity contribution in [3.63, 3.8) is 0 Å². The van der Waals surface area contributed by atoms with Crippen molar-refractivity contribution in [1.82, 2.24) is 0 Å². The molecule has 1 atom stereocenters. The SMILES string of the molecule is O=C/C=C/[C@H]1COC2(CCCCC2)O1. The summed E-state index contributed by atoms with van der Waals surface area (Å²) >= 11 is 0. The second-order valence-corrected chi connectivity index (χ2v) is 3.96. The molecule has 1 saturated heterocycles. The Balaban J connectivity index is 1.92. The van der Waals surface area contributed by atoms with Crippen LogP contribution in [0.3, 0.4) is 0 Å². The Morgan fingerprint density at radius 3 is 2.71 bits per heavy atom. The Bertz CT molecular complexity index is 229. The average Bonchev–Trinajstić information content (AvgIpc) is 2.60. The number of carbonyl (C=O) groups excluding carboxylic acids is 1. The quantitative estimate of drug-likeness (QED) is 0.499. The Morgan fingerprint density at radius 1 is 1.21 bits per heavy atom. The molecule has 78 valence electrons. The Hall–Kier alpha value is -0.670. The predicted octanol–water partition coefficient (Wildman–Crippen LogP) is 1.82. The maximum absolute atomic E-state index is 10.1. The first kappa shape index (κ1) is 9.87. The molecular formula is C11H16O3. The van der Waals surface area contributed by atoms with Gasteiger partial charge in [0, 0.05) is 12.8 Å². The highest BCUT2D eigenvalue weighted by atomic mass is 16.7. The van der Waals surface area contributed by atoms with E-state index >= 15 is 0 Å². The van der Waals surface area contributed by atoms with Gasteiger partial charge < -0.3 is 9.47 Å². The van der Waals surface area contributed by atoms with E-state index < -0.39 is 0 Å². The van der Waals surface area contributed by atoms with Gasteiger partial charge in [0.05, 0.1) is 6.61 Å². The lowest BCUT2D eigenvalue weighted by atomic mass is 9.94. The highest BCUT2D eigenvalue weighted by Gasteiger charge is 2.41. The van der Waals surface area contributed by atoms with Crippen LogP contribution in [0.4, 0.5) is 0 Å². The molecule has 1 spiro atoms. The van der Waals surface area contributed by atoms with Crippen LogP contribution in [0.1, 0.15) is 32.1 Å². The van der Waals surface area contributed by atoms with Crippen molar-refractivity contribution >= 4 is 6.29 Å². The molecule has 1 heterocycles. The highest BCUT2D eigenvalue weighted by molar-refractivity contribution is 5.64. The normalized spacial score (nSPS) is 31.3. The van der Waals surface area contributed by atoms with Crippen molar-refractivity contribution in [3.8, 4) is 0 Å².